The highest BCUT2D eigenvalue weighted by Gasteiger charge is 2.20. The summed E-state index contributed by atoms with van der Waals surface area (Å²) in [5, 5.41) is 2.77. The third kappa shape index (κ3) is 3.12. The number of furan rings is 1. The normalized spacial score (nSPS) is 16.6. The summed E-state index contributed by atoms with van der Waals surface area (Å²) in [4.78, 5) is 0. The Labute approximate surface area is 238 Å². The minimum absolute atomic E-state index is 0.0171. The molecule has 0 fully saturated rings. The quantitative estimate of drug-likeness (QED) is 0.221. The summed E-state index contributed by atoms with van der Waals surface area (Å²) in [5.74, 6) is 0. The fourth-order valence-corrected chi connectivity index (χ4v) is 5.45. The van der Waals surface area contributed by atoms with E-state index in [4.69, 9.17) is 19.5 Å². The van der Waals surface area contributed by atoms with Gasteiger partial charge in [-0.1, -0.05) is 121 Å². The van der Waals surface area contributed by atoms with Crippen molar-refractivity contribution in [2.45, 2.75) is 6.42 Å². The first-order valence-corrected chi connectivity index (χ1v) is 12.1. The molecule has 0 atom stereocenters. The smallest absolute Gasteiger partial charge is 0.143 e. The predicted octanol–water partition coefficient (Wildman–Crippen LogP) is 10.3. The molecule has 38 heavy (non-hydrogen) atoms. The van der Waals surface area contributed by atoms with Gasteiger partial charge in [-0.05, 0) is 67.7 Å². The Kier molecular flexibility index (Phi) is 2.65. The van der Waals surface area contributed by atoms with E-state index in [1.54, 1.807) is 18.2 Å². The Bertz CT molecular complexity index is 2770. The Balaban J connectivity index is 1.65. The fraction of sp³-hybridized carbons (Fsp3) is 0.0270. The molecule has 8 rings (SSSR count). The van der Waals surface area contributed by atoms with Gasteiger partial charge in [-0.25, -0.2) is 0 Å². The molecule has 0 aliphatic heterocycles. The molecule has 0 bridgehead atoms. The van der Waals surface area contributed by atoms with E-state index in [-0.39, 0.29) is 38.2 Å². The monoisotopic (exact) mass is 497 g/mol. The van der Waals surface area contributed by atoms with Gasteiger partial charge in [0.1, 0.15) is 11.2 Å². The van der Waals surface area contributed by atoms with Gasteiger partial charge in [0.15, 0.2) is 0 Å². The Hall–Kier alpha value is -4.88. The Morgan fingerprint density at radius 3 is 2.00 bits per heavy atom. The summed E-state index contributed by atoms with van der Waals surface area (Å²) in [6, 6.07) is 9.51. The fourth-order valence-electron chi connectivity index (χ4n) is 5.45. The number of hydrogen-bond acceptors (Lipinski definition) is 1. The Morgan fingerprint density at radius 2 is 1.24 bits per heavy atom. The third-order valence-electron chi connectivity index (χ3n) is 7.04. The zero-order valence-electron chi connectivity index (χ0n) is 32.8. The highest BCUT2D eigenvalue weighted by Crippen LogP contribution is 2.45. The van der Waals surface area contributed by atoms with E-state index in [0.717, 1.165) is 10.8 Å². The summed E-state index contributed by atoms with van der Waals surface area (Å²) >= 11 is 0. The van der Waals surface area contributed by atoms with E-state index in [1.165, 1.54) is 0 Å². The van der Waals surface area contributed by atoms with Crippen molar-refractivity contribution in [3.05, 3.63) is 144 Å². The molecular weight excluding hydrogens is 460 g/mol. The average Bonchev–Trinajstić information content (AvgIpc) is 3.53. The topological polar surface area (TPSA) is 13.1 Å². The molecule has 0 spiro atoms. The van der Waals surface area contributed by atoms with Crippen LogP contribution in [0.4, 0.5) is 0 Å². The first kappa shape index (κ1) is 12.1. The van der Waals surface area contributed by atoms with Crippen LogP contribution in [0, 0.1) is 0 Å². The third-order valence-corrected chi connectivity index (χ3v) is 7.04. The van der Waals surface area contributed by atoms with Crippen molar-refractivity contribution < 1.29 is 22.2 Å². The van der Waals surface area contributed by atoms with Gasteiger partial charge in [0.05, 0.1) is 17.8 Å². The predicted molar refractivity (Wildman–Crippen MR) is 161 cm³/mol. The second kappa shape index (κ2) is 8.33. The van der Waals surface area contributed by atoms with E-state index in [2.05, 4.69) is 0 Å². The molecule has 0 unspecified atom stereocenters. The molecule has 0 radical (unpaired) electrons. The SMILES string of the molecule is [2H]c1c([2H])c([2H])c(Cc2c3c([2H])c([2H])c([2H])c([2H])c3c(-c3cccc4oc5c6ccccc6ccc5c34)c3c([2H])c([2H])c([2H])c([2H])c23)c([2H])c1[2H]. The van der Waals surface area contributed by atoms with Crippen LogP contribution >= 0.6 is 0 Å². The van der Waals surface area contributed by atoms with Crippen LogP contribution in [0.3, 0.4) is 0 Å². The van der Waals surface area contributed by atoms with Gasteiger partial charge in [-0.15, -0.1) is 0 Å². The van der Waals surface area contributed by atoms with Gasteiger partial charge in [0.25, 0.3) is 0 Å². The van der Waals surface area contributed by atoms with Gasteiger partial charge in [0, 0.05) is 16.2 Å². The van der Waals surface area contributed by atoms with E-state index >= 15 is 0 Å². The molecule has 1 aromatic heterocycles. The number of hydrogen-bond donors (Lipinski definition) is 0. The van der Waals surface area contributed by atoms with Crippen LogP contribution in [0.2, 0.25) is 0 Å². The summed E-state index contributed by atoms with van der Waals surface area (Å²) in [6.45, 7) is 0. The number of rotatable bonds is 3. The lowest BCUT2D eigenvalue weighted by Gasteiger charge is -2.18. The molecule has 0 saturated carbocycles. The highest BCUT2D eigenvalue weighted by molar-refractivity contribution is 6.24. The largest absolute Gasteiger partial charge is 0.455 e. The molecule has 1 heterocycles. The lowest BCUT2D eigenvalue weighted by Crippen LogP contribution is -1.95. The molecule has 1 nitrogen and oxygen atoms in total. The molecule has 0 saturated heterocycles. The maximum absolute atomic E-state index is 9.25. The molecule has 178 valence electrons. The van der Waals surface area contributed by atoms with Crippen LogP contribution in [-0.2, 0) is 6.42 Å². The van der Waals surface area contributed by atoms with Crippen LogP contribution in [0.1, 0.15) is 28.9 Å². The average molecular weight is 498 g/mol. The Morgan fingerprint density at radius 1 is 0.553 bits per heavy atom. The summed E-state index contributed by atoms with van der Waals surface area (Å²) in [6.07, 6.45) is -0.488. The lowest BCUT2D eigenvalue weighted by molar-refractivity contribution is 0.673. The molecule has 0 N–H and O–H groups in total. The van der Waals surface area contributed by atoms with Crippen molar-refractivity contribution in [3.8, 4) is 11.1 Å². The van der Waals surface area contributed by atoms with Crippen molar-refractivity contribution in [2.24, 2.45) is 0 Å². The van der Waals surface area contributed by atoms with E-state index < -0.39 is 85.0 Å². The van der Waals surface area contributed by atoms with Crippen molar-refractivity contribution >= 4 is 54.3 Å². The van der Waals surface area contributed by atoms with Gasteiger partial charge in [-0.2, -0.15) is 0 Å². The first-order valence-electron chi connectivity index (χ1n) is 18.6. The van der Waals surface area contributed by atoms with E-state index in [1.807, 2.05) is 36.4 Å². The van der Waals surface area contributed by atoms with Gasteiger partial charge >= 0.3 is 0 Å². The van der Waals surface area contributed by atoms with Gasteiger partial charge in [0.2, 0.25) is 0 Å². The van der Waals surface area contributed by atoms with Gasteiger partial charge < -0.3 is 4.42 Å². The standard InChI is InChI=1S/C37H24O/c1-2-11-24(12-3-1)23-33-27-15-6-8-17-29(27)35(30-18-9-7-16-28(30)33)31-19-10-20-34-36(31)32-22-21-25-13-4-5-14-26(25)37(32)38-34/h1-22H,23H2/i1D,2D,3D,6D,7D,8D,9D,11D,12D,15D,16D,17D,18D. The molecule has 7 aromatic carbocycles. The zero-order valence-corrected chi connectivity index (χ0v) is 19.8. The van der Waals surface area contributed by atoms with Crippen molar-refractivity contribution in [1.29, 1.82) is 0 Å². The van der Waals surface area contributed by atoms with Crippen LogP contribution in [0.15, 0.2) is 138 Å². The highest BCUT2D eigenvalue weighted by atomic mass is 16.3. The maximum Gasteiger partial charge on any atom is 0.143 e. The van der Waals surface area contributed by atoms with E-state index in [9.17, 15) is 2.74 Å². The maximum atomic E-state index is 9.25. The van der Waals surface area contributed by atoms with Crippen LogP contribution in [0.25, 0.3) is 65.4 Å². The number of benzene rings is 7. The van der Waals surface area contributed by atoms with Crippen LogP contribution in [-0.4, -0.2) is 0 Å². The molecule has 0 aliphatic carbocycles. The molecule has 0 aliphatic rings. The molecule has 0 amide bonds. The number of fused-ring (bicyclic) bond motifs is 7. The summed E-state index contributed by atoms with van der Waals surface area (Å²) in [5.41, 5.74) is 1.35. The van der Waals surface area contributed by atoms with Crippen molar-refractivity contribution in [1.82, 2.24) is 0 Å². The minimum Gasteiger partial charge on any atom is -0.455 e. The van der Waals surface area contributed by atoms with E-state index in [0.29, 0.717) is 27.5 Å². The first-order chi connectivity index (χ1) is 24.3. The van der Waals surface area contributed by atoms with Gasteiger partial charge in [-0.3, -0.25) is 0 Å². The van der Waals surface area contributed by atoms with Crippen LogP contribution in [0.5, 0.6) is 0 Å². The summed E-state index contributed by atoms with van der Waals surface area (Å²) < 4.78 is 120. The minimum atomic E-state index is -0.615. The second-order valence-corrected chi connectivity index (χ2v) is 9.08. The van der Waals surface area contributed by atoms with Crippen molar-refractivity contribution in [3.63, 3.8) is 0 Å². The zero-order chi connectivity index (χ0) is 36.4. The molecule has 1 heteroatoms. The molecule has 8 aromatic rings. The van der Waals surface area contributed by atoms with Crippen LogP contribution < -0.4 is 0 Å². The van der Waals surface area contributed by atoms with Crippen molar-refractivity contribution in [2.75, 3.05) is 0 Å². The lowest BCUT2D eigenvalue weighted by atomic mass is 9.85. The second-order valence-electron chi connectivity index (χ2n) is 9.08. The summed E-state index contributed by atoms with van der Waals surface area (Å²) in [7, 11) is 0. The molecular formula is C37H24O.